The summed E-state index contributed by atoms with van der Waals surface area (Å²) in [7, 11) is 1.87. The molecule has 4 heteroatoms. The highest BCUT2D eigenvalue weighted by Crippen LogP contribution is 2.63. The molecule has 0 aromatic carbocycles. The van der Waals surface area contributed by atoms with Crippen molar-refractivity contribution in [3.63, 3.8) is 0 Å². The molecule has 1 nitrogen and oxygen atoms in total. The molecule has 1 fully saturated rings. The standard InChI is InChI=1S/C6H11Cl2N.ClH/c1-5(2)4(9-3)6(5,7)8;/h4,9H,1-3H3;1H. The first kappa shape index (κ1) is 10.8. The summed E-state index contributed by atoms with van der Waals surface area (Å²) >= 11 is 11.8. The van der Waals surface area contributed by atoms with Gasteiger partial charge in [-0.15, -0.1) is 12.4 Å². The fraction of sp³-hybridized carbons (Fsp3) is 1.00. The molecule has 62 valence electrons. The Morgan fingerprint density at radius 3 is 1.60 bits per heavy atom. The predicted octanol–water partition coefficient (Wildman–Crippen LogP) is 2.21. The van der Waals surface area contributed by atoms with Crippen LogP contribution in [-0.2, 0) is 0 Å². The third kappa shape index (κ3) is 1.14. The summed E-state index contributed by atoms with van der Waals surface area (Å²) in [6.07, 6.45) is 0. The van der Waals surface area contributed by atoms with Gasteiger partial charge in [-0.1, -0.05) is 37.0 Å². The molecule has 0 aromatic heterocycles. The Hall–Kier alpha value is 0.830. The molecule has 0 radical (unpaired) electrons. The molecule has 1 N–H and O–H groups in total. The van der Waals surface area contributed by atoms with Crippen molar-refractivity contribution in [2.75, 3.05) is 7.05 Å². The van der Waals surface area contributed by atoms with Gasteiger partial charge in [0.25, 0.3) is 0 Å². The highest BCUT2D eigenvalue weighted by atomic mass is 35.5. The average molecular weight is 205 g/mol. The van der Waals surface area contributed by atoms with E-state index in [-0.39, 0.29) is 23.9 Å². The van der Waals surface area contributed by atoms with E-state index in [2.05, 4.69) is 5.32 Å². The van der Waals surface area contributed by atoms with E-state index < -0.39 is 4.33 Å². The quantitative estimate of drug-likeness (QED) is 0.646. The lowest BCUT2D eigenvalue weighted by molar-refractivity contribution is 0.572. The molecule has 10 heavy (non-hydrogen) atoms. The van der Waals surface area contributed by atoms with Crippen LogP contribution in [0.4, 0.5) is 0 Å². The molecule has 0 aliphatic heterocycles. The molecule has 0 bridgehead atoms. The molecule has 0 aromatic rings. The van der Waals surface area contributed by atoms with Crippen molar-refractivity contribution in [3.8, 4) is 0 Å². The number of hydrogen-bond donors (Lipinski definition) is 1. The highest BCUT2D eigenvalue weighted by Gasteiger charge is 2.69. The summed E-state index contributed by atoms with van der Waals surface area (Å²) in [5.74, 6) is 0. The van der Waals surface area contributed by atoms with Gasteiger partial charge in [0.15, 0.2) is 0 Å². The SMILES string of the molecule is CNC1C(C)(C)C1(Cl)Cl.Cl. The van der Waals surface area contributed by atoms with Gasteiger partial charge >= 0.3 is 0 Å². The van der Waals surface area contributed by atoms with Crippen LogP contribution in [0.1, 0.15) is 13.8 Å². The van der Waals surface area contributed by atoms with Gasteiger partial charge in [-0.2, -0.15) is 0 Å². The van der Waals surface area contributed by atoms with Crippen LogP contribution in [0.15, 0.2) is 0 Å². The van der Waals surface area contributed by atoms with Gasteiger partial charge in [-0.25, -0.2) is 0 Å². The van der Waals surface area contributed by atoms with Crippen molar-refractivity contribution in [2.24, 2.45) is 5.41 Å². The molecule has 0 amide bonds. The van der Waals surface area contributed by atoms with E-state index in [4.69, 9.17) is 23.2 Å². The summed E-state index contributed by atoms with van der Waals surface area (Å²) in [5.41, 5.74) is 0.0326. The van der Waals surface area contributed by atoms with E-state index in [9.17, 15) is 0 Å². The third-order valence-corrected chi connectivity index (χ3v) is 3.56. The largest absolute Gasteiger partial charge is 0.314 e. The summed E-state index contributed by atoms with van der Waals surface area (Å²) < 4.78 is -0.554. The summed E-state index contributed by atoms with van der Waals surface area (Å²) in [5, 5.41) is 3.06. The van der Waals surface area contributed by atoms with E-state index >= 15 is 0 Å². The normalized spacial score (nSPS) is 32.7. The van der Waals surface area contributed by atoms with E-state index in [1.807, 2.05) is 20.9 Å². The summed E-state index contributed by atoms with van der Waals surface area (Å²) in [6.45, 7) is 4.10. The lowest BCUT2D eigenvalue weighted by atomic mass is 10.2. The second-order valence-corrected chi connectivity index (χ2v) is 4.45. The molecular formula is C6H12Cl3N. The lowest BCUT2D eigenvalue weighted by Gasteiger charge is -1.98. The van der Waals surface area contributed by atoms with E-state index in [1.165, 1.54) is 0 Å². The van der Waals surface area contributed by atoms with Crippen LogP contribution in [0.3, 0.4) is 0 Å². The molecule has 1 saturated carbocycles. The highest BCUT2D eigenvalue weighted by molar-refractivity contribution is 6.52. The maximum Gasteiger partial charge on any atom is 0.140 e. The van der Waals surface area contributed by atoms with Crippen LogP contribution in [0.2, 0.25) is 0 Å². The number of hydrogen-bond acceptors (Lipinski definition) is 1. The zero-order valence-electron chi connectivity index (χ0n) is 6.24. The Labute approximate surface area is 77.9 Å². The summed E-state index contributed by atoms with van der Waals surface area (Å²) in [6, 6.07) is 0.244. The lowest BCUT2D eigenvalue weighted by Crippen LogP contribution is -2.16. The average Bonchev–Trinajstić information content (AvgIpc) is 2.00. The molecule has 1 rings (SSSR count). The van der Waals surface area contributed by atoms with E-state index in [0.29, 0.717) is 0 Å². The Morgan fingerprint density at radius 1 is 1.30 bits per heavy atom. The van der Waals surface area contributed by atoms with Crippen LogP contribution in [0, 0.1) is 5.41 Å². The van der Waals surface area contributed by atoms with Gasteiger partial charge in [0, 0.05) is 11.5 Å². The fourth-order valence-corrected chi connectivity index (χ4v) is 2.07. The Morgan fingerprint density at radius 2 is 1.60 bits per heavy atom. The first-order chi connectivity index (χ1) is 3.94. The first-order valence-electron chi connectivity index (χ1n) is 2.99. The maximum absolute atomic E-state index is 5.90. The molecule has 1 unspecified atom stereocenters. The van der Waals surface area contributed by atoms with Gasteiger partial charge in [0.2, 0.25) is 0 Å². The van der Waals surface area contributed by atoms with Gasteiger partial charge in [0.1, 0.15) is 4.33 Å². The van der Waals surface area contributed by atoms with Gasteiger partial charge < -0.3 is 5.32 Å². The number of halogens is 3. The van der Waals surface area contributed by atoms with Crippen molar-refractivity contribution in [2.45, 2.75) is 24.2 Å². The zero-order chi connectivity index (χ0) is 7.28. The smallest absolute Gasteiger partial charge is 0.140 e. The first-order valence-corrected chi connectivity index (χ1v) is 3.75. The van der Waals surface area contributed by atoms with Crippen LogP contribution in [0.25, 0.3) is 0 Å². The number of rotatable bonds is 1. The van der Waals surface area contributed by atoms with Crippen LogP contribution >= 0.6 is 35.6 Å². The van der Waals surface area contributed by atoms with E-state index in [0.717, 1.165) is 0 Å². The van der Waals surface area contributed by atoms with Crippen molar-refractivity contribution >= 4 is 35.6 Å². The van der Waals surface area contributed by atoms with E-state index in [1.54, 1.807) is 0 Å². The predicted molar refractivity (Wildman–Crippen MR) is 48.3 cm³/mol. The van der Waals surface area contributed by atoms with Crippen LogP contribution in [0.5, 0.6) is 0 Å². The van der Waals surface area contributed by atoms with Gasteiger partial charge in [-0.05, 0) is 7.05 Å². The summed E-state index contributed by atoms with van der Waals surface area (Å²) in [4.78, 5) is 0. The zero-order valence-corrected chi connectivity index (χ0v) is 8.57. The Balaban J connectivity index is 0.000000810. The topological polar surface area (TPSA) is 12.0 Å². The number of alkyl halides is 2. The molecular weight excluding hydrogens is 192 g/mol. The second kappa shape index (κ2) is 2.71. The molecule has 0 heterocycles. The molecule has 1 aliphatic carbocycles. The van der Waals surface area contributed by atoms with Crippen molar-refractivity contribution in [1.29, 1.82) is 0 Å². The third-order valence-electron chi connectivity index (χ3n) is 2.15. The Bertz CT molecular complexity index is 119. The minimum absolute atomic E-state index is 0. The minimum atomic E-state index is -0.554. The molecule has 0 saturated heterocycles. The van der Waals surface area contributed by atoms with Gasteiger partial charge in [0.05, 0.1) is 0 Å². The molecule has 1 atom stereocenters. The van der Waals surface area contributed by atoms with Crippen molar-refractivity contribution in [3.05, 3.63) is 0 Å². The monoisotopic (exact) mass is 203 g/mol. The molecule has 0 spiro atoms. The Kier molecular flexibility index (Phi) is 2.93. The second-order valence-electron chi connectivity index (χ2n) is 3.07. The molecule has 1 aliphatic rings. The van der Waals surface area contributed by atoms with Crippen LogP contribution in [-0.4, -0.2) is 17.4 Å². The number of nitrogens with one attached hydrogen (secondary N) is 1. The maximum atomic E-state index is 5.90. The van der Waals surface area contributed by atoms with Crippen molar-refractivity contribution in [1.82, 2.24) is 5.32 Å². The fourth-order valence-electron chi connectivity index (χ4n) is 1.20. The van der Waals surface area contributed by atoms with Crippen LogP contribution < -0.4 is 5.32 Å². The van der Waals surface area contributed by atoms with Crippen molar-refractivity contribution < 1.29 is 0 Å². The minimum Gasteiger partial charge on any atom is -0.314 e. The van der Waals surface area contributed by atoms with Gasteiger partial charge in [-0.3, -0.25) is 0 Å².